The van der Waals surface area contributed by atoms with Crippen LogP contribution in [0, 0.1) is 10.1 Å². The summed E-state index contributed by atoms with van der Waals surface area (Å²) in [4.78, 5) is 21.8. The lowest BCUT2D eigenvalue weighted by molar-refractivity contribution is -0.385. The number of nitrogens with zero attached hydrogens (tertiary/aromatic N) is 2. The van der Waals surface area contributed by atoms with Crippen molar-refractivity contribution in [2.45, 2.75) is 0 Å². The molecule has 2 aromatic carbocycles. The van der Waals surface area contributed by atoms with Crippen LogP contribution in [0.4, 0.5) is 5.69 Å². The monoisotopic (exact) mass is 457 g/mol. The molecule has 0 fully saturated rings. The molecule has 2 aromatic rings. The van der Waals surface area contributed by atoms with E-state index in [1.807, 2.05) is 0 Å². The zero-order chi connectivity index (χ0) is 20.0. The van der Waals surface area contributed by atoms with Crippen LogP contribution in [0.5, 0.6) is 17.2 Å². The van der Waals surface area contributed by atoms with Crippen molar-refractivity contribution in [2.75, 3.05) is 13.7 Å². The molecule has 11 heteroatoms. The highest BCUT2D eigenvalue weighted by Gasteiger charge is 2.17. The van der Waals surface area contributed by atoms with Crippen molar-refractivity contribution in [3.63, 3.8) is 0 Å². The van der Waals surface area contributed by atoms with E-state index in [0.717, 1.165) is 12.3 Å². The van der Waals surface area contributed by atoms with E-state index in [1.165, 1.54) is 13.2 Å². The van der Waals surface area contributed by atoms with Crippen LogP contribution in [0.25, 0.3) is 0 Å². The lowest BCUT2D eigenvalue weighted by atomic mass is 10.2. The summed E-state index contributed by atoms with van der Waals surface area (Å²) in [7, 11) is 1.53. The molecule has 0 saturated heterocycles. The third-order valence-corrected chi connectivity index (χ3v) is 4.01. The van der Waals surface area contributed by atoms with E-state index in [2.05, 4.69) is 26.5 Å². The Hall–Kier alpha value is -2.85. The Morgan fingerprint density at radius 2 is 2.19 bits per heavy atom. The summed E-state index contributed by atoms with van der Waals surface area (Å²) in [6.07, 6.45) is 1.04. The van der Waals surface area contributed by atoms with Crippen molar-refractivity contribution in [1.82, 2.24) is 5.43 Å². The van der Waals surface area contributed by atoms with Crippen LogP contribution in [0.15, 0.2) is 39.9 Å². The fourth-order valence-electron chi connectivity index (χ4n) is 1.92. The molecule has 0 aliphatic carbocycles. The highest BCUT2D eigenvalue weighted by Crippen LogP contribution is 2.32. The van der Waals surface area contributed by atoms with Crippen LogP contribution in [0.1, 0.15) is 5.56 Å². The minimum atomic E-state index is -0.780. The first-order chi connectivity index (χ1) is 12.8. The van der Waals surface area contributed by atoms with Crippen LogP contribution >= 0.6 is 27.5 Å². The molecule has 0 heterocycles. The smallest absolute Gasteiger partial charge is 0.312 e. The van der Waals surface area contributed by atoms with Gasteiger partial charge in [-0.25, -0.2) is 5.43 Å². The molecule has 0 aromatic heterocycles. The van der Waals surface area contributed by atoms with Gasteiger partial charge in [0.25, 0.3) is 5.91 Å². The highest BCUT2D eigenvalue weighted by atomic mass is 79.9. The largest absolute Gasteiger partial charge is 0.502 e. The van der Waals surface area contributed by atoms with Crippen LogP contribution in [-0.2, 0) is 4.79 Å². The Morgan fingerprint density at radius 1 is 1.44 bits per heavy atom. The Morgan fingerprint density at radius 3 is 2.81 bits per heavy atom. The minimum Gasteiger partial charge on any atom is -0.502 e. The molecule has 27 heavy (non-hydrogen) atoms. The van der Waals surface area contributed by atoms with E-state index >= 15 is 0 Å². The van der Waals surface area contributed by atoms with Crippen molar-refractivity contribution in [3.8, 4) is 17.2 Å². The zero-order valence-corrected chi connectivity index (χ0v) is 16.2. The number of rotatable bonds is 7. The number of carbonyl (C=O) groups excluding carboxylic acids is 1. The summed E-state index contributed by atoms with van der Waals surface area (Å²) in [5.74, 6) is -0.137. The van der Waals surface area contributed by atoms with Crippen molar-refractivity contribution in [2.24, 2.45) is 5.10 Å². The van der Waals surface area contributed by atoms with Gasteiger partial charge in [-0.1, -0.05) is 11.6 Å². The highest BCUT2D eigenvalue weighted by molar-refractivity contribution is 9.10. The topological polar surface area (TPSA) is 123 Å². The second-order valence-electron chi connectivity index (χ2n) is 5.00. The van der Waals surface area contributed by atoms with Crippen molar-refractivity contribution in [1.29, 1.82) is 0 Å². The number of nitro groups is 1. The quantitative estimate of drug-likeness (QED) is 0.373. The lowest BCUT2D eigenvalue weighted by Gasteiger charge is -2.08. The maximum atomic E-state index is 11.8. The molecule has 2 rings (SSSR count). The molecule has 0 bridgehead atoms. The van der Waals surface area contributed by atoms with E-state index in [9.17, 15) is 20.0 Å². The van der Waals surface area contributed by atoms with E-state index in [0.29, 0.717) is 16.0 Å². The second-order valence-corrected chi connectivity index (χ2v) is 6.29. The molecule has 142 valence electrons. The summed E-state index contributed by atoms with van der Waals surface area (Å²) in [6.45, 7) is -0.329. The van der Waals surface area contributed by atoms with Crippen molar-refractivity contribution >= 4 is 45.3 Å². The number of amides is 1. The summed E-state index contributed by atoms with van der Waals surface area (Å²) in [6, 6.07) is 7.26. The van der Waals surface area contributed by atoms with Gasteiger partial charge >= 0.3 is 5.69 Å². The number of phenolic OH excluding ortho intramolecular Hbond substituents is 1. The summed E-state index contributed by atoms with van der Waals surface area (Å²) in [5.41, 5.74) is 1.59. The fourth-order valence-corrected chi connectivity index (χ4v) is 2.61. The van der Waals surface area contributed by atoms with Gasteiger partial charge in [-0.05, 0) is 40.2 Å². The van der Waals surface area contributed by atoms with Gasteiger partial charge < -0.3 is 14.6 Å². The fraction of sp³-hybridized carbons (Fsp3) is 0.125. The van der Waals surface area contributed by atoms with E-state index in [1.54, 1.807) is 18.2 Å². The van der Waals surface area contributed by atoms with Gasteiger partial charge in [0, 0.05) is 16.7 Å². The lowest BCUT2D eigenvalue weighted by Crippen LogP contribution is -2.24. The maximum Gasteiger partial charge on any atom is 0.312 e. The van der Waals surface area contributed by atoms with Crippen LogP contribution in [0.2, 0.25) is 5.02 Å². The molecule has 0 atom stereocenters. The van der Waals surface area contributed by atoms with Crippen LogP contribution in [-0.4, -0.2) is 35.9 Å². The summed E-state index contributed by atoms with van der Waals surface area (Å²) in [5, 5.41) is 24.3. The predicted molar refractivity (Wildman–Crippen MR) is 102 cm³/mol. The van der Waals surface area contributed by atoms with Gasteiger partial charge in [-0.15, -0.1) is 0 Å². The average Bonchev–Trinajstić information content (AvgIpc) is 2.62. The van der Waals surface area contributed by atoms with E-state index < -0.39 is 22.3 Å². The number of phenols is 1. The summed E-state index contributed by atoms with van der Waals surface area (Å²) < 4.78 is 11.0. The second kappa shape index (κ2) is 9.19. The van der Waals surface area contributed by atoms with Gasteiger partial charge in [-0.2, -0.15) is 5.10 Å². The first kappa shape index (κ1) is 20.5. The number of carbonyl (C=O) groups is 1. The number of hydrogen-bond donors (Lipinski definition) is 2. The molecular weight excluding hydrogens is 446 g/mol. The number of aromatic hydroxyl groups is 1. The SMILES string of the molecule is COc1ccc(OCC(=O)NN=Cc2cc(Cl)cc([N+](=O)[O-])c2O)c(Br)c1. The molecular formula is C16H13BrClN3O6. The molecule has 9 nitrogen and oxygen atoms in total. The number of halogens is 2. The number of nitro benzene ring substituents is 1. The van der Waals surface area contributed by atoms with E-state index in [-0.39, 0.29) is 17.2 Å². The Balaban J connectivity index is 1.97. The molecule has 0 aliphatic rings. The number of benzene rings is 2. The number of hydrazone groups is 1. The molecule has 2 N–H and O–H groups in total. The van der Waals surface area contributed by atoms with Gasteiger partial charge in [0.1, 0.15) is 11.5 Å². The van der Waals surface area contributed by atoms with Crippen LogP contribution < -0.4 is 14.9 Å². The van der Waals surface area contributed by atoms with Crippen molar-refractivity contribution in [3.05, 3.63) is 55.5 Å². The third kappa shape index (κ3) is 5.56. The molecule has 0 spiro atoms. The number of ether oxygens (including phenoxy) is 2. The van der Waals surface area contributed by atoms with E-state index in [4.69, 9.17) is 21.1 Å². The number of hydrogen-bond acceptors (Lipinski definition) is 7. The van der Waals surface area contributed by atoms with Crippen molar-refractivity contribution < 1.29 is 24.3 Å². The van der Waals surface area contributed by atoms with Gasteiger partial charge in [0.15, 0.2) is 6.61 Å². The standard InChI is InChI=1S/C16H13BrClN3O6/c1-26-11-2-3-14(12(17)6-11)27-8-15(22)20-19-7-9-4-10(18)5-13(16(9)23)21(24)25/h2-7,23H,8H2,1H3,(H,20,22). The Bertz CT molecular complexity index is 906. The van der Waals surface area contributed by atoms with Gasteiger partial charge in [-0.3, -0.25) is 14.9 Å². The third-order valence-electron chi connectivity index (χ3n) is 3.17. The van der Waals surface area contributed by atoms with Crippen LogP contribution in [0.3, 0.4) is 0 Å². The first-order valence-electron chi connectivity index (χ1n) is 7.27. The Labute approximate surface area is 166 Å². The molecule has 0 radical (unpaired) electrons. The molecule has 0 saturated carbocycles. The number of methoxy groups -OCH3 is 1. The minimum absolute atomic E-state index is 0.0201. The zero-order valence-electron chi connectivity index (χ0n) is 13.8. The van der Waals surface area contributed by atoms with Gasteiger partial charge in [0.2, 0.25) is 5.75 Å². The van der Waals surface area contributed by atoms with Gasteiger partial charge in [0.05, 0.1) is 22.7 Å². The maximum absolute atomic E-state index is 11.8. The number of nitrogens with one attached hydrogen (secondary N) is 1. The normalized spacial score (nSPS) is 10.6. The molecule has 1 amide bonds. The first-order valence-corrected chi connectivity index (χ1v) is 8.44. The molecule has 0 aliphatic heterocycles. The Kier molecular flexibility index (Phi) is 6.97. The summed E-state index contributed by atoms with van der Waals surface area (Å²) >= 11 is 9.06. The average molecular weight is 459 g/mol. The molecule has 0 unspecified atom stereocenters. The predicted octanol–water partition coefficient (Wildman–Crippen LogP) is 3.25.